The number of carboxylic acid groups (broad SMARTS) is 1. The summed E-state index contributed by atoms with van der Waals surface area (Å²) in [6, 6.07) is 6.26. The number of fused-ring (bicyclic) bond motifs is 1. The van der Waals surface area contributed by atoms with E-state index in [-0.39, 0.29) is 27.6 Å². The molecule has 0 saturated heterocycles. The predicted molar refractivity (Wildman–Crippen MR) is 157 cm³/mol. The number of aliphatic carboxylic acids is 1. The molecule has 3 N–H and O–H groups in total. The number of anilines is 1. The Bertz CT molecular complexity index is 1890. The van der Waals surface area contributed by atoms with Gasteiger partial charge in [0, 0.05) is 24.8 Å². The van der Waals surface area contributed by atoms with Crippen LogP contribution in [0.25, 0.3) is 21.9 Å². The molecule has 0 saturated carbocycles. The third-order valence-electron chi connectivity index (χ3n) is 7.70. The Labute approximate surface area is 261 Å². The van der Waals surface area contributed by atoms with Gasteiger partial charge in [-0.15, -0.1) is 0 Å². The van der Waals surface area contributed by atoms with Gasteiger partial charge in [0.25, 0.3) is 11.5 Å². The number of hydrogen-bond acceptors (Lipinski definition) is 4. The molecule has 0 aliphatic carbocycles. The number of aromatic nitrogens is 1. The highest BCUT2D eigenvalue weighted by molar-refractivity contribution is 6.00. The zero-order valence-corrected chi connectivity index (χ0v) is 24.9. The van der Waals surface area contributed by atoms with Gasteiger partial charge in [0.15, 0.2) is 0 Å². The minimum Gasteiger partial charge on any atom is -0.480 e. The molecule has 4 aromatic rings. The first kappa shape index (κ1) is 34.9. The molecule has 4 rings (SSSR count). The molecular weight excluding hydrogens is 642 g/mol. The van der Waals surface area contributed by atoms with E-state index in [1.807, 2.05) is 10.6 Å². The molecule has 0 radical (unpaired) electrons. The van der Waals surface area contributed by atoms with E-state index in [0.717, 1.165) is 10.6 Å². The summed E-state index contributed by atoms with van der Waals surface area (Å²) in [7, 11) is 1.32. The molecule has 0 aliphatic heterocycles. The first-order valence-electron chi connectivity index (χ1n) is 14.0. The van der Waals surface area contributed by atoms with Crippen LogP contribution < -0.4 is 16.2 Å². The van der Waals surface area contributed by atoms with Crippen LogP contribution in [0.2, 0.25) is 0 Å². The number of pyridine rings is 1. The van der Waals surface area contributed by atoms with Gasteiger partial charge in [0.1, 0.15) is 29.3 Å². The summed E-state index contributed by atoms with van der Waals surface area (Å²) in [6.07, 6.45) is -10.6. The third-order valence-corrected chi connectivity index (χ3v) is 7.70. The topological polar surface area (TPSA) is 100 Å². The fourth-order valence-electron chi connectivity index (χ4n) is 5.20. The number of hydrogen-bond donors (Lipinski definition) is 3. The number of carboxylic acids is 1. The molecule has 1 aromatic heterocycles. The second-order valence-corrected chi connectivity index (χ2v) is 10.8. The number of nitrogens with one attached hydrogen (secondary N) is 2. The van der Waals surface area contributed by atoms with Gasteiger partial charge in [-0.1, -0.05) is 43.3 Å². The van der Waals surface area contributed by atoms with E-state index in [9.17, 15) is 54.6 Å². The number of amides is 1. The minimum absolute atomic E-state index is 0.0669. The maximum absolute atomic E-state index is 14.8. The maximum atomic E-state index is 14.8. The number of carbonyl (C=O) groups is 2. The Morgan fingerprint density at radius 2 is 1.53 bits per heavy atom. The van der Waals surface area contributed by atoms with E-state index >= 15 is 0 Å². The molecule has 15 heteroatoms. The summed E-state index contributed by atoms with van der Waals surface area (Å²) < 4.78 is 112. The zero-order chi connectivity index (χ0) is 35.0. The second kappa shape index (κ2) is 13.0. The fourth-order valence-corrected chi connectivity index (χ4v) is 5.20. The van der Waals surface area contributed by atoms with Crippen molar-refractivity contribution in [2.75, 3.05) is 5.32 Å². The molecule has 0 aliphatic rings. The van der Waals surface area contributed by atoms with Gasteiger partial charge in [-0.3, -0.25) is 9.59 Å². The van der Waals surface area contributed by atoms with Gasteiger partial charge in [-0.25, -0.2) is 13.6 Å². The van der Waals surface area contributed by atoms with Crippen LogP contribution in [-0.2, 0) is 24.4 Å². The van der Waals surface area contributed by atoms with Crippen molar-refractivity contribution in [2.24, 2.45) is 7.05 Å². The molecule has 0 spiro atoms. The SMILES string of the molecule is CCC(Nc1cc(F)c(C(=O)NC(Cc2ccc(-c3c(C(F)(F)F)cc(C)n(C)c3=O)c3ccccc23)C(=O)O)c(F)c1)C(F)(F)F. The summed E-state index contributed by atoms with van der Waals surface area (Å²) in [5, 5.41) is 14.2. The average Bonchev–Trinajstić information content (AvgIpc) is 2.97. The maximum Gasteiger partial charge on any atom is 0.417 e. The van der Waals surface area contributed by atoms with Crippen molar-refractivity contribution < 1.29 is 49.8 Å². The standard InChI is InChI=1S/C32H27F8N3O4/c1-4-25(32(38,39)40)41-17-13-22(33)27(23(34)14-17)28(44)42-24(30(46)47)12-16-9-10-20(19-8-6-5-7-18(16)19)26-21(31(35,36)37)11-15(2)43(3)29(26)45/h5-11,13-14,24-25,41H,4,12H2,1-3H3,(H,42,44)(H,46,47). The highest BCUT2D eigenvalue weighted by Gasteiger charge is 2.39. The van der Waals surface area contributed by atoms with E-state index < -0.39 is 88.7 Å². The minimum atomic E-state index is -4.89. The molecule has 7 nitrogen and oxygen atoms in total. The first-order valence-corrected chi connectivity index (χ1v) is 14.0. The lowest BCUT2D eigenvalue weighted by Crippen LogP contribution is -2.43. The average molecular weight is 670 g/mol. The molecule has 0 bridgehead atoms. The van der Waals surface area contributed by atoms with E-state index in [2.05, 4.69) is 0 Å². The lowest BCUT2D eigenvalue weighted by atomic mass is 9.90. The van der Waals surface area contributed by atoms with E-state index in [1.165, 1.54) is 57.3 Å². The molecule has 1 heterocycles. The molecule has 2 atom stereocenters. The first-order chi connectivity index (χ1) is 21.8. The summed E-state index contributed by atoms with van der Waals surface area (Å²) in [5.74, 6) is -6.25. The van der Waals surface area contributed by atoms with Crippen molar-refractivity contribution in [3.05, 3.63) is 99.0 Å². The van der Waals surface area contributed by atoms with Crippen LogP contribution in [-0.4, -0.2) is 39.8 Å². The van der Waals surface area contributed by atoms with Gasteiger partial charge < -0.3 is 20.3 Å². The van der Waals surface area contributed by atoms with Crippen molar-refractivity contribution in [1.82, 2.24) is 9.88 Å². The number of alkyl halides is 6. The number of carbonyl (C=O) groups excluding carboxylic acids is 1. The van der Waals surface area contributed by atoms with Crippen molar-refractivity contribution >= 4 is 28.3 Å². The predicted octanol–water partition coefficient (Wildman–Crippen LogP) is 6.99. The smallest absolute Gasteiger partial charge is 0.417 e. The lowest BCUT2D eigenvalue weighted by Gasteiger charge is -2.22. The van der Waals surface area contributed by atoms with Crippen molar-refractivity contribution in [1.29, 1.82) is 0 Å². The Kier molecular flexibility index (Phi) is 9.69. The van der Waals surface area contributed by atoms with Crippen LogP contribution in [0.4, 0.5) is 40.8 Å². The molecule has 250 valence electrons. The van der Waals surface area contributed by atoms with Crippen LogP contribution in [0.15, 0.2) is 59.4 Å². The van der Waals surface area contributed by atoms with E-state index in [0.29, 0.717) is 12.1 Å². The Balaban J connectivity index is 1.70. The zero-order valence-electron chi connectivity index (χ0n) is 24.9. The monoisotopic (exact) mass is 669 g/mol. The van der Waals surface area contributed by atoms with Gasteiger partial charge in [-0.2, -0.15) is 26.3 Å². The van der Waals surface area contributed by atoms with Crippen molar-refractivity contribution in [3.63, 3.8) is 0 Å². The normalized spacial score (nSPS) is 13.3. The molecule has 1 amide bonds. The Hall–Kier alpha value is -4.95. The second-order valence-electron chi connectivity index (χ2n) is 10.8. The van der Waals surface area contributed by atoms with Gasteiger partial charge in [0.05, 0.1) is 11.1 Å². The van der Waals surface area contributed by atoms with Crippen LogP contribution in [0, 0.1) is 18.6 Å². The third kappa shape index (κ3) is 7.23. The number of benzene rings is 3. The van der Waals surface area contributed by atoms with E-state index in [1.54, 1.807) is 0 Å². The van der Waals surface area contributed by atoms with Crippen molar-refractivity contribution in [2.45, 2.75) is 51.1 Å². The molecule has 0 fully saturated rings. The van der Waals surface area contributed by atoms with Crippen LogP contribution in [0.1, 0.15) is 40.5 Å². The molecule has 47 heavy (non-hydrogen) atoms. The highest BCUT2D eigenvalue weighted by Crippen LogP contribution is 2.39. The fraction of sp³-hybridized carbons (Fsp3) is 0.281. The number of aryl methyl sites for hydroxylation is 1. The lowest BCUT2D eigenvalue weighted by molar-refractivity contribution is -0.143. The number of nitrogens with zero attached hydrogens (tertiary/aromatic N) is 1. The van der Waals surface area contributed by atoms with Crippen molar-refractivity contribution in [3.8, 4) is 11.1 Å². The Morgan fingerprint density at radius 1 is 0.936 bits per heavy atom. The number of rotatable bonds is 9. The summed E-state index contributed by atoms with van der Waals surface area (Å²) in [6.45, 7) is 2.55. The molecule has 2 unspecified atom stereocenters. The largest absolute Gasteiger partial charge is 0.480 e. The number of halogens is 8. The summed E-state index contributed by atoms with van der Waals surface area (Å²) in [5.41, 5.74) is -4.36. The van der Waals surface area contributed by atoms with Gasteiger partial charge >= 0.3 is 18.3 Å². The van der Waals surface area contributed by atoms with Gasteiger partial charge in [-0.05, 0) is 53.4 Å². The summed E-state index contributed by atoms with van der Waals surface area (Å²) in [4.78, 5) is 38.1. The van der Waals surface area contributed by atoms with Crippen LogP contribution in [0.5, 0.6) is 0 Å². The Morgan fingerprint density at radius 3 is 2.06 bits per heavy atom. The summed E-state index contributed by atoms with van der Waals surface area (Å²) >= 11 is 0. The van der Waals surface area contributed by atoms with E-state index in [4.69, 9.17) is 0 Å². The molecule has 3 aromatic carbocycles. The molecular formula is C32H27F8N3O4. The quantitative estimate of drug-likeness (QED) is 0.167. The van der Waals surface area contributed by atoms with Gasteiger partial charge in [0.2, 0.25) is 0 Å². The highest BCUT2D eigenvalue weighted by atomic mass is 19.4. The van der Waals surface area contributed by atoms with Crippen LogP contribution >= 0.6 is 0 Å². The van der Waals surface area contributed by atoms with Crippen LogP contribution in [0.3, 0.4) is 0 Å².